The van der Waals surface area contributed by atoms with E-state index in [0.717, 1.165) is 31.0 Å². The van der Waals surface area contributed by atoms with Gasteiger partial charge in [0.15, 0.2) is 5.96 Å². The van der Waals surface area contributed by atoms with Gasteiger partial charge in [-0.3, -0.25) is 4.79 Å². The molecule has 1 aliphatic heterocycles. The molecule has 0 spiro atoms. The van der Waals surface area contributed by atoms with E-state index in [1.165, 1.54) is 38.9 Å². The Balaban J connectivity index is 1.75. The summed E-state index contributed by atoms with van der Waals surface area (Å²) in [4.78, 5) is 20.7. The summed E-state index contributed by atoms with van der Waals surface area (Å²) >= 11 is 0. The van der Waals surface area contributed by atoms with Gasteiger partial charge in [0.05, 0.1) is 6.54 Å². The van der Waals surface area contributed by atoms with Crippen molar-refractivity contribution < 1.29 is 4.79 Å². The molecule has 0 atom stereocenters. The van der Waals surface area contributed by atoms with Crippen LogP contribution in [-0.4, -0.2) is 68.5 Å². The van der Waals surface area contributed by atoms with Crippen molar-refractivity contribution in [3.63, 3.8) is 0 Å². The fourth-order valence-corrected chi connectivity index (χ4v) is 3.20. The molecule has 0 bridgehead atoms. The highest BCUT2D eigenvalue weighted by Gasteiger charge is 2.10. The second-order valence-electron chi connectivity index (χ2n) is 7.27. The standard InChI is InChI=1S/C21H35N5O/c1-4-22-21(23-13-5-6-14-26-15-7-8-16-26)24-17-18-9-11-19(12-10-18)20(27)25(2)3/h9-12H,4-8,13-17H2,1-3H3,(H2,22,23,24). The number of hydrogen-bond donors (Lipinski definition) is 2. The third-order valence-electron chi connectivity index (χ3n) is 4.76. The molecule has 0 aliphatic carbocycles. The number of likely N-dealkylation sites (tertiary alicyclic amines) is 1. The van der Waals surface area contributed by atoms with Gasteiger partial charge < -0.3 is 20.4 Å². The average Bonchev–Trinajstić information content (AvgIpc) is 3.19. The van der Waals surface area contributed by atoms with Gasteiger partial charge in [-0.1, -0.05) is 12.1 Å². The van der Waals surface area contributed by atoms with Gasteiger partial charge in [-0.05, 0) is 69.9 Å². The van der Waals surface area contributed by atoms with Gasteiger partial charge in [0.1, 0.15) is 0 Å². The topological polar surface area (TPSA) is 60.0 Å². The summed E-state index contributed by atoms with van der Waals surface area (Å²) in [6.45, 7) is 8.22. The summed E-state index contributed by atoms with van der Waals surface area (Å²) in [6, 6.07) is 7.68. The van der Waals surface area contributed by atoms with Crippen LogP contribution in [-0.2, 0) is 6.54 Å². The molecule has 1 saturated heterocycles. The molecule has 2 N–H and O–H groups in total. The van der Waals surface area contributed by atoms with E-state index in [0.29, 0.717) is 12.1 Å². The summed E-state index contributed by atoms with van der Waals surface area (Å²) in [5.41, 5.74) is 1.80. The van der Waals surface area contributed by atoms with E-state index in [9.17, 15) is 4.79 Å². The number of guanidine groups is 1. The fourth-order valence-electron chi connectivity index (χ4n) is 3.20. The van der Waals surface area contributed by atoms with E-state index in [1.54, 1.807) is 19.0 Å². The second kappa shape index (κ2) is 11.6. The maximum absolute atomic E-state index is 11.9. The van der Waals surface area contributed by atoms with Gasteiger partial charge >= 0.3 is 0 Å². The van der Waals surface area contributed by atoms with Gasteiger partial charge in [-0.15, -0.1) is 0 Å². The number of benzene rings is 1. The zero-order valence-corrected chi connectivity index (χ0v) is 17.1. The summed E-state index contributed by atoms with van der Waals surface area (Å²) in [6.07, 6.45) is 5.11. The molecule has 6 heteroatoms. The molecule has 150 valence electrons. The highest BCUT2D eigenvalue weighted by Crippen LogP contribution is 2.08. The van der Waals surface area contributed by atoms with Crippen LogP contribution in [0.1, 0.15) is 48.5 Å². The molecule has 6 nitrogen and oxygen atoms in total. The van der Waals surface area contributed by atoms with Crippen LogP contribution in [0.15, 0.2) is 29.3 Å². The first kappa shape index (κ1) is 21.2. The van der Waals surface area contributed by atoms with E-state index in [2.05, 4.69) is 27.4 Å². The van der Waals surface area contributed by atoms with Crippen LogP contribution in [0.4, 0.5) is 0 Å². The minimum atomic E-state index is 0.0222. The zero-order chi connectivity index (χ0) is 19.5. The Bertz CT molecular complexity index is 591. The van der Waals surface area contributed by atoms with Crippen molar-refractivity contribution in [1.29, 1.82) is 0 Å². The number of nitrogens with zero attached hydrogens (tertiary/aromatic N) is 3. The predicted octanol–water partition coefficient (Wildman–Crippen LogP) is 2.32. The zero-order valence-electron chi connectivity index (χ0n) is 17.1. The lowest BCUT2D eigenvalue weighted by atomic mass is 10.1. The largest absolute Gasteiger partial charge is 0.357 e. The minimum absolute atomic E-state index is 0.0222. The second-order valence-corrected chi connectivity index (χ2v) is 7.27. The predicted molar refractivity (Wildman–Crippen MR) is 112 cm³/mol. The van der Waals surface area contributed by atoms with Crippen molar-refractivity contribution in [1.82, 2.24) is 20.4 Å². The van der Waals surface area contributed by atoms with E-state index in [-0.39, 0.29) is 5.91 Å². The number of amides is 1. The average molecular weight is 374 g/mol. The number of unbranched alkanes of at least 4 members (excludes halogenated alkanes) is 1. The molecule has 0 unspecified atom stereocenters. The number of hydrogen-bond acceptors (Lipinski definition) is 3. The van der Waals surface area contributed by atoms with Gasteiger partial charge in [0, 0.05) is 32.7 Å². The lowest BCUT2D eigenvalue weighted by molar-refractivity contribution is 0.0827. The van der Waals surface area contributed by atoms with Gasteiger partial charge in [0.2, 0.25) is 0 Å². The Morgan fingerprint density at radius 2 is 1.81 bits per heavy atom. The summed E-state index contributed by atoms with van der Waals surface area (Å²) in [5, 5.41) is 6.72. The molecule has 2 rings (SSSR count). The van der Waals surface area contributed by atoms with Crippen molar-refractivity contribution in [2.45, 2.75) is 39.2 Å². The molecule has 0 aromatic heterocycles. The van der Waals surface area contributed by atoms with Crippen molar-refractivity contribution in [2.24, 2.45) is 4.99 Å². The van der Waals surface area contributed by atoms with Gasteiger partial charge in [-0.25, -0.2) is 4.99 Å². The molecule has 1 aromatic rings. The van der Waals surface area contributed by atoms with Gasteiger partial charge in [-0.2, -0.15) is 0 Å². The van der Waals surface area contributed by atoms with Crippen molar-refractivity contribution in [3.05, 3.63) is 35.4 Å². The van der Waals surface area contributed by atoms with Crippen LogP contribution in [0.5, 0.6) is 0 Å². The normalized spacial score (nSPS) is 15.0. The van der Waals surface area contributed by atoms with E-state index >= 15 is 0 Å². The maximum atomic E-state index is 11.9. The summed E-state index contributed by atoms with van der Waals surface area (Å²) in [7, 11) is 3.53. The molecular formula is C21H35N5O. The van der Waals surface area contributed by atoms with Crippen LogP contribution in [0.2, 0.25) is 0 Å². The molecule has 1 fully saturated rings. The minimum Gasteiger partial charge on any atom is -0.357 e. The number of carbonyl (C=O) groups excluding carboxylic acids is 1. The highest BCUT2D eigenvalue weighted by atomic mass is 16.2. The quantitative estimate of drug-likeness (QED) is 0.396. The molecule has 1 amide bonds. The first-order valence-corrected chi connectivity index (χ1v) is 10.1. The Morgan fingerprint density at radius 1 is 1.11 bits per heavy atom. The van der Waals surface area contributed by atoms with Crippen molar-refractivity contribution >= 4 is 11.9 Å². The molecule has 1 aromatic carbocycles. The maximum Gasteiger partial charge on any atom is 0.253 e. The van der Waals surface area contributed by atoms with Crippen LogP contribution in [0, 0.1) is 0 Å². The van der Waals surface area contributed by atoms with E-state index in [4.69, 9.17) is 0 Å². The number of carbonyl (C=O) groups is 1. The van der Waals surface area contributed by atoms with Crippen LogP contribution in [0.3, 0.4) is 0 Å². The SMILES string of the molecule is CCNC(=NCc1ccc(C(=O)N(C)C)cc1)NCCCCN1CCCC1. The summed E-state index contributed by atoms with van der Waals surface area (Å²) in [5.74, 6) is 0.876. The molecular weight excluding hydrogens is 338 g/mol. The lowest BCUT2D eigenvalue weighted by Crippen LogP contribution is -2.38. The van der Waals surface area contributed by atoms with Crippen LogP contribution < -0.4 is 10.6 Å². The summed E-state index contributed by atoms with van der Waals surface area (Å²) < 4.78 is 0. The van der Waals surface area contributed by atoms with E-state index < -0.39 is 0 Å². The Morgan fingerprint density at radius 3 is 2.44 bits per heavy atom. The van der Waals surface area contributed by atoms with Crippen LogP contribution >= 0.6 is 0 Å². The van der Waals surface area contributed by atoms with E-state index in [1.807, 2.05) is 24.3 Å². The van der Waals surface area contributed by atoms with Crippen LogP contribution in [0.25, 0.3) is 0 Å². The molecule has 1 heterocycles. The number of nitrogens with one attached hydrogen (secondary N) is 2. The first-order chi connectivity index (χ1) is 13.1. The fraction of sp³-hybridized carbons (Fsp3) is 0.619. The van der Waals surface area contributed by atoms with Crippen molar-refractivity contribution in [2.75, 3.05) is 46.8 Å². The molecule has 1 aliphatic rings. The Kier molecular flexibility index (Phi) is 9.11. The lowest BCUT2D eigenvalue weighted by Gasteiger charge is -2.15. The molecule has 27 heavy (non-hydrogen) atoms. The number of aliphatic imine (C=N–C) groups is 1. The number of rotatable bonds is 9. The Labute approximate surface area is 164 Å². The monoisotopic (exact) mass is 373 g/mol. The first-order valence-electron chi connectivity index (χ1n) is 10.1. The Hall–Kier alpha value is -2.08. The third kappa shape index (κ3) is 7.59. The van der Waals surface area contributed by atoms with Gasteiger partial charge in [0.25, 0.3) is 5.91 Å². The smallest absolute Gasteiger partial charge is 0.253 e. The third-order valence-corrected chi connectivity index (χ3v) is 4.76. The molecule has 0 saturated carbocycles. The highest BCUT2D eigenvalue weighted by molar-refractivity contribution is 5.93. The molecule has 0 radical (unpaired) electrons. The van der Waals surface area contributed by atoms with Crippen molar-refractivity contribution in [3.8, 4) is 0 Å².